The van der Waals surface area contributed by atoms with Crippen LogP contribution in [-0.2, 0) is 0 Å². The van der Waals surface area contributed by atoms with Crippen molar-refractivity contribution in [1.82, 2.24) is 9.97 Å². The lowest BCUT2D eigenvalue weighted by molar-refractivity contribution is 1.13. The van der Waals surface area contributed by atoms with Crippen LogP contribution in [0.3, 0.4) is 0 Å². The van der Waals surface area contributed by atoms with Crippen molar-refractivity contribution in [3.63, 3.8) is 0 Å². The van der Waals surface area contributed by atoms with Crippen LogP contribution in [0.1, 0.15) is 5.56 Å². The first kappa shape index (κ1) is 16.3. The van der Waals surface area contributed by atoms with Gasteiger partial charge in [0.15, 0.2) is 0 Å². The number of nitrogens with zero attached hydrogens (tertiary/aromatic N) is 4. The summed E-state index contributed by atoms with van der Waals surface area (Å²) >= 11 is 0. The molecule has 6 nitrogen and oxygen atoms in total. The number of aromatic nitrogens is 2. The van der Waals surface area contributed by atoms with Gasteiger partial charge in [0, 0.05) is 31.7 Å². The lowest BCUT2D eigenvalue weighted by atomic mass is 10.2. The Bertz CT molecular complexity index is 896. The van der Waals surface area contributed by atoms with Crippen molar-refractivity contribution in [2.75, 3.05) is 29.6 Å². The topological polar surface area (TPSA) is 76.9 Å². The molecule has 0 aliphatic rings. The van der Waals surface area contributed by atoms with E-state index >= 15 is 0 Å². The summed E-state index contributed by atoms with van der Waals surface area (Å²) in [5, 5.41) is 15.5. The molecular formula is C19H18N6. The third-order valence-electron chi connectivity index (χ3n) is 3.61. The number of benzene rings is 2. The normalized spacial score (nSPS) is 9.96. The van der Waals surface area contributed by atoms with Gasteiger partial charge in [0.1, 0.15) is 11.9 Å². The molecule has 0 atom stereocenters. The zero-order valence-electron chi connectivity index (χ0n) is 14.1. The zero-order chi connectivity index (χ0) is 17.6. The van der Waals surface area contributed by atoms with E-state index in [4.69, 9.17) is 5.26 Å². The Hall–Kier alpha value is -3.59. The zero-order valence-corrected chi connectivity index (χ0v) is 14.1. The molecule has 3 aromatic rings. The van der Waals surface area contributed by atoms with Crippen molar-refractivity contribution in [1.29, 1.82) is 5.26 Å². The van der Waals surface area contributed by atoms with Gasteiger partial charge in [-0.05, 0) is 42.5 Å². The Kier molecular flexibility index (Phi) is 4.77. The maximum absolute atomic E-state index is 9.17. The van der Waals surface area contributed by atoms with E-state index in [0.717, 1.165) is 11.4 Å². The highest BCUT2D eigenvalue weighted by Gasteiger charge is 2.04. The summed E-state index contributed by atoms with van der Waals surface area (Å²) in [6.07, 6.45) is 1.67. The van der Waals surface area contributed by atoms with Crippen molar-refractivity contribution >= 4 is 28.8 Å². The second kappa shape index (κ2) is 7.32. The second-order valence-corrected chi connectivity index (χ2v) is 5.61. The monoisotopic (exact) mass is 330 g/mol. The summed E-state index contributed by atoms with van der Waals surface area (Å²) in [5.74, 6) is 1.10. The second-order valence-electron chi connectivity index (χ2n) is 5.61. The van der Waals surface area contributed by atoms with E-state index in [-0.39, 0.29) is 0 Å². The van der Waals surface area contributed by atoms with Crippen LogP contribution in [-0.4, -0.2) is 24.1 Å². The Morgan fingerprint density at radius 1 is 0.960 bits per heavy atom. The minimum absolute atomic E-state index is 0.483. The largest absolute Gasteiger partial charge is 0.378 e. The minimum Gasteiger partial charge on any atom is -0.378 e. The molecule has 124 valence electrons. The Morgan fingerprint density at radius 3 is 2.44 bits per heavy atom. The number of nitrogens with one attached hydrogen (secondary N) is 2. The molecule has 1 heterocycles. The highest BCUT2D eigenvalue weighted by atomic mass is 15.1. The summed E-state index contributed by atoms with van der Waals surface area (Å²) in [6, 6.07) is 19.2. The Labute approximate surface area is 146 Å². The van der Waals surface area contributed by atoms with Crippen molar-refractivity contribution < 1.29 is 0 Å². The average molecular weight is 330 g/mol. The number of rotatable bonds is 5. The van der Waals surface area contributed by atoms with Crippen molar-refractivity contribution in [2.45, 2.75) is 0 Å². The predicted molar refractivity (Wildman–Crippen MR) is 101 cm³/mol. The van der Waals surface area contributed by atoms with Gasteiger partial charge in [-0.3, -0.25) is 0 Å². The fraction of sp³-hybridized carbons (Fsp3) is 0.105. The highest BCUT2D eigenvalue weighted by molar-refractivity contribution is 5.65. The van der Waals surface area contributed by atoms with Crippen LogP contribution in [0.5, 0.6) is 0 Å². The number of hydrogen-bond donors (Lipinski definition) is 2. The molecule has 0 saturated carbocycles. The molecule has 0 spiro atoms. The molecule has 25 heavy (non-hydrogen) atoms. The Morgan fingerprint density at radius 2 is 1.72 bits per heavy atom. The number of anilines is 5. The summed E-state index contributed by atoms with van der Waals surface area (Å²) in [7, 11) is 4.00. The standard InChI is InChI=1S/C19H18N6/c1-25(2)16-9-7-15(8-10-16)22-19-21-12-11-18(24-19)23-17-6-4-3-5-14(17)13-20/h3-12H,1-2H3,(H2,21,22,23,24). The quantitative estimate of drug-likeness (QED) is 0.739. The molecule has 0 aliphatic carbocycles. The molecule has 0 unspecified atom stereocenters. The summed E-state index contributed by atoms with van der Waals surface area (Å²) < 4.78 is 0. The first-order valence-corrected chi connectivity index (χ1v) is 7.79. The fourth-order valence-corrected chi connectivity index (χ4v) is 2.29. The molecule has 0 bridgehead atoms. The molecule has 2 N–H and O–H groups in total. The SMILES string of the molecule is CN(C)c1ccc(Nc2nccc(Nc3ccccc3C#N)n2)cc1. The van der Waals surface area contributed by atoms with Crippen molar-refractivity contribution in [2.24, 2.45) is 0 Å². The molecule has 0 fully saturated rings. The van der Waals surface area contributed by atoms with E-state index in [0.29, 0.717) is 23.0 Å². The molecule has 6 heteroatoms. The summed E-state index contributed by atoms with van der Waals surface area (Å²) in [4.78, 5) is 10.7. The average Bonchev–Trinajstić information content (AvgIpc) is 2.63. The maximum Gasteiger partial charge on any atom is 0.229 e. The third-order valence-corrected chi connectivity index (χ3v) is 3.61. The molecule has 2 aromatic carbocycles. The summed E-state index contributed by atoms with van der Waals surface area (Å²) in [5.41, 5.74) is 3.30. The molecular weight excluding hydrogens is 312 g/mol. The highest BCUT2D eigenvalue weighted by Crippen LogP contribution is 2.21. The lowest BCUT2D eigenvalue weighted by Crippen LogP contribution is -2.08. The molecule has 1 aromatic heterocycles. The van der Waals surface area contributed by atoms with E-state index in [1.807, 2.05) is 61.5 Å². The number of para-hydroxylation sites is 1. The van der Waals surface area contributed by atoms with Crippen LogP contribution in [0.4, 0.5) is 28.8 Å². The first-order chi connectivity index (χ1) is 12.2. The predicted octanol–water partition coefficient (Wildman–Crippen LogP) is 3.90. The van der Waals surface area contributed by atoms with Crippen LogP contribution < -0.4 is 15.5 Å². The maximum atomic E-state index is 9.17. The van der Waals surface area contributed by atoms with Gasteiger partial charge in [0.25, 0.3) is 0 Å². The van der Waals surface area contributed by atoms with Crippen molar-refractivity contribution in [3.8, 4) is 6.07 Å². The summed E-state index contributed by atoms with van der Waals surface area (Å²) in [6.45, 7) is 0. The van der Waals surface area contributed by atoms with Crippen LogP contribution >= 0.6 is 0 Å². The molecule has 0 amide bonds. The van der Waals surface area contributed by atoms with E-state index in [1.54, 1.807) is 18.3 Å². The number of hydrogen-bond acceptors (Lipinski definition) is 6. The molecule has 0 saturated heterocycles. The van der Waals surface area contributed by atoms with Crippen LogP contribution in [0, 0.1) is 11.3 Å². The molecule has 0 radical (unpaired) electrons. The van der Waals surface area contributed by atoms with E-state index in [9.17, 15) is 0 Å². The minimum atomic E-state index is 0.483. The van der Waals surface area contributed by atoms with E-state index in [2.05, 4.69) is 26.7 Å². The van der Waals surface area contributed by atoms with Gasteiger partial charge in [0.2, 0.25) is 5.95 Å². The Balaban J connectivity index is 1.76. The molecule has 3 rings (SSSR count). The smallest absolute Gasteiger partial charge is 0.229 e. The van der Waals surface area contributed by atoms with Gasteiger partial charge in [-0.1, -0.05) is 12.1 Å². The van der Waals surface area contributed by atoms with Gasteiger partial charge in [-0.15, -0.1) is 0 Å². The van der Waals surface area contributed by atoms with Gasteiger partial charge in [-0.2, -0.15) is 10.2 Å². The van der Waals surface area contributed by atoms with E-state index in [1.165, 1.54) is 0 Å². The number of nitriles is 1. The van der Waals surface area contributed by atoms with Gasteiger partial charge < -0.3 is 15.5 Å². The fourth-order valence-electron chi connectivity index (χ4n) is 2.29. The van der Waals surface area contributed by atoms with Gasteiger partial charge in [-0.25, -0.2) is 4.98 Å². The van der Waals surface area contributed by atoms with E-state index < -0.39 is 0 Å². The molecule has 0 aliphatic heterocycles. The van der Waals surface area contributed by atoms with Crippen LogP contribution in [0.15, 0.2) is 60.8 Å². The van der Waals surface area contributed by atoms with Crippen LogP contribution in [0.2, 0.25) is 0 Å². The lowest BCUT2D eigenvalue weighted by Gasteiger charge is -2.13. The van der Waals surface area contributed by atoms with Crippen molar-refractivity contribution in [3.05, 3.63) is 66.4 Å². The first-order valence-electron chi connectivity index (χ1n) is 7.79. The van der Waals surface area contributed by atoms with Gasteiger partial charge in [0.05, 0.1) is 11.3 Å². The third kappa shape index (κ3) is 4.03. The van der Waals surface area contributed by atoms with Gasteiger partial charge >= 0.3 is 0 Å². The van der Waals surface area contributed by atoms with Crippen LogP contribution in [0.25, 0.3) is 0 Å².